The molecule has 118 valence electrons. The van der Waals surface area contributed by atoms with E-state index in [0.29, 0.717) is 24.3 Å². The second kappa shape index (κ2) is 5.72. The van der Waals surface area contributed by atoms with Crippen LogP contribution in [-0.2, 0) is 9.53 Å². The van der Waals surface area contributed by atoms with Crippen LogP contribution < -0.4 is 0 Å². The first kappa shape index (κ1) is 15.0. The molecule has 1 aliphatic carbocycles. The van der Waals surface area contributed by atoms with E-state index in [0.717, 1.165) is 12.8 Å². The van der Waals surface area contributed by atoms with Crippen LogP contribution in [0, 0.1) is 5.92 Å². The number of ether oxygens (including phenoxy) is 1. The lowest BCUT2D eigenvalue weighted by atomic mass is 9.83. The van der Waals surface area contributed by atoms with Gasteiger partial charge in [-0.2, -0.15) is 0 Å². The van der Waals surface area contributed by atoms with Gasteiger partial charge in [0.25, 0.3) is 5.91 Å². The average Bonchev–Trinajstić information content (AvgIpc) is 2.90. The highest BCUT2D eigenvalue weighted by Crippen LogP contribution is 2.42. The third-order valence-corrected chi connectivity index (χ3v) is 4.84. The van der Waals surface area contributed by atoms with Crippen molar-refractivity contribution in [3.05, 3.63) is 35.9 Å². The molecule has 1 aliphatic heterocycles. The lowest BCUT2D eigenvalue weighted by Gasteiger charge is -2.42. The number of carbonyl (C=O) groups excluding carboxylic acids is 1. The molecular formula is C17H21NO4. The summed E-state index contributed by atoms with van der Waals surface area (Å²) in [6.07, 6.45) is 3.31. The minimum atomic E-state index is -1.00. The molecule has 5 nitrogen and oxygen atoms in total. The van der Waals surface area contributed by atoms with E-state index in [1.807, 2.05) is 6.07 Å². The van der Waals surface area contributed by atoms with Gasteiger partial charge in [0.05, 0.1) is 6.61 Å². The molecular weight excluding hydrogens is 282 g/mol. The Kier molecular flexibility index (Phi) is 3.91. The van der Waals surface area contributed by atoms with Crippen molar-refractivity contribution in [1.82, 2.24) is 4.90 Å². The molecule has 2 fully saturated rings. The number of amides is 1. The van der Waals surface area contributed by atoms with Crippen LogP contribution in [0.4, 0.5) is 0 Å². The van der Waals surface area contributed by atoms with Crippen molar-refractivity contribution < 1.29 is 19.4 Å². The molecule has 1 saturated heterocycles. The summed E-state index contributed by atoms with van der Waals surface area (Å²) in [4.78, 5) is 25.9. The van der Waals surface area contributed by atoms with Crippen molar-refractivity contribution in [3.8, 4) is 0 Å². The van der Waals surface area contributed by atoms with Gasteiger partial charge in [0.2, 0.25) is 0 Å². The maximum atomic E-state index is 12.9. The Hall–Kier alpha value is -1.88. The number of nitrogens with zero attached hydrogens (tertiary/aromatic N) is 1. The second-order valence-electron chi connectivity index (χ2n) is 6.33. The fourth-order valence-electron chi connectivity index (χ4n) is 3.49. The minimum absolute atomic E-state index is 0.0717. The van der Waals surface area contributed by atoms with Crippen LogP contribution in [0.15, 0.2) is 30.3 Å². The van der Waals surface area contributed by atoms with E-state index in [2.05, 4.69) is 6.92 Å². The van der Waals surface area contributed by atoms with Gasteiger partial charge in [-0.3, -0.25) is 9.69 Å². The van der Waals surface area contributed by atoms with Gasteiger partial charge in [-0.1, -0.05) is 25.1 Å². The first-order valence-electron chi connectivity index (χ1n) is 7.79. The number of aliphatic carboxylic acids is 1. The van der Waals surface area contributed by atoms with Crippen LogP contribution >= 0.6 is 0 Å². The van der Waals surface area contributed by atoms with Gasteiger partial charge in [-0.15, -0.1) is 0 Å². The quantitative estimate of drug-likeness (QED) is 0.911. The molecule has 1 saturated carbocycles. The molecule has 0 bridgehead atoms. The second-order valence-corrected chi connectivity index (χ2v) is 6.33. The van der Waals surface area contributed by atoms with Crippen LogP contribution in [0.5, 0.6) is 0 Å². The molecule has 0 radical (unpaired) electrons. The zero-order valence-electron chi connectivity index (χ0n) is 12.7. The summed E-state index contributed by atoms with van der Waals surface area (Å²) in [5, 5.41) is 9.47. The largest absolute Gasteiger partial charge is 0.480 e. The fourth-order valence-corrected chi connectivity index (χ4v) is 3.49. The molecule has 1 aromatic carbocycles. The Morgan fingerprint density at radius 3 is 2.45 bits per heavy atom. The predicted molar refractivity (Wildman–Crippen MR) is 80.4 cm³/mol. The Balaban J connectivity index is 1.94. The molecule has 0 unspecified atom stereocenters. The standard InChI is InChI=1S/C17H21NO4/c1-12-7-9-17(10-8-12)18(14(11-22-17)16(20)21)15(19)13-5-3-2-4-6-13/h2-6,12,14H,7-11H2,1H3,(H,20,21)/t12?,14-,17?/m0/s1. The molecule has 0 aromatic heterocycles. The molecule has 1 atom stereocenters. The number of carboxylic acids is 1. The predicted octanol–water partition coefficient (Wildman–Crippen LogP) is 2.52. The molecule has 22 heavy (non-hydrogen) atoms. The van der Waals surface area contributed by atoms with E-state index in [9.17, 15) is 14.7 Å². The van der Waals surface area contributed by atoms with Crippen LogP contribution in [0.2, 0.25) is 0 Å². The van der Waals surface area contributed by atoms with Crippen molar-refractivity contribution in [2.45, 2.75) is 44.4 Å². The smallest absolute Gasteiger partial charge is 0.328 e. The summed E-state index contributed by atoms with van der Waals surface area (Å²) in [6, 6.07) is 7.95. The normalized spacial score (nSPS) is 31.4. The van der Waals surface area contributed by atoms with E-state index in [1.54, 1.807) is 24.3 Å². The highest BCUT2D eigenvalue weighted by atomic mass is 16.5. The highest BCUT2D eigenvalue weighted by molar-refractivity contribution is 5.97. The van der Waals surface area contributed by atoms with E-state index < -0.39 is 17.7 Å². The maximum absolute atomic E-state index is 12.9. The summed E-state index contributed by atoms with van der Waals surface area (Å²) in [7, 11) is 0. The van der Waals surface area contributed by atoms with Crippen LogP contribution in [0.3, 0.4) is 0 Å². The third kappa shape index (κ3) is 2.50. The monoisotopic (exact) mass is 303 g/mol. The topological polar surface area (TPSA) is 66.8 Å². The highest BCUT2D eigenvalue weighted by Gasteiger charge is 2.53. The van der Waals surface area contributed by atoms with Crippen LogP contribution in [-0.4, -0.2) is 40.3 Å². The lowest BCUT2D eigenvalue weighted by molar-refractivity contribution is -0.143. The van der Waals surface area contributed by atoms with Gasteiger partial charge in [0.15, 0.2) is 6.04 Å². The molecule has 1 N–H and O–H groups in total. The summed E-state index contributed by atoms with van der Waals surface area (Å²) in [5.74, 6) is -0.661. The summed E-state index contributed by atoms with van der Waals surface area (Å²) in [5.41, 5.74) is -0.236. The van der Waals surface area contributed by atoms with E-state index >= 15 is 0 Å². The van der Waals surface area contributed by atoms with Crippen LogP contribution in [0.25, 0.3) is 0 Å². The zero-order valence-corrected chi connectivity index (χ0v) is 12.7. The van der Waals surface area contributed by atoms with Gasteiger partial charge >= 0.3 is 5.97 Å². The molecule has 2 aliphatic rings. The number of hydrogen-bond acceptors (Lipinski definition) is 3. The molecule has 1 aromatic rings. The first-order valence-corrected chi connectivity index (χ1v) is 7.79. The van der Waals surface area contributed by atoms with Crippen molar-refractivity contribution in [2.75, 3.05) is 6.61 Å². The Morgan fingerprint density at radius 1 is 1.23 bits per heavy atom. The van der Waals surface area contributed by atoms with Gasteiger partial charge in [-0.05, 0) is 43.7 Å². The number of hydrogen-bond donors (Lipinski definition) is 1. The molecule has 1 amide bonds. The van der Waals surface area contributed by atoms with E-state index in [4.69, 9.17) is 4.74 Å². The van der Waals surface area contributed by atoms with Gasteiger partial charge < -0.3 is 9.84 Å². The Bertz CT molecular complexity index is 563. The van der Waals surface area contributed by atoms with Crippen molar-refractivity contribution >= 4 is 11.9 Å². The summed E-state index contributed by atoms with van der Waals surface area (Å²) >= 11 is 0. The number of carbonyl (C=O) groups is 2. The van der Waals surface area contributed by atoms with Crippen molar-refractivity contribution in [1.29, 1.82) is 0 Å². The summed E-state index contributed by atoms with van der Waals surface area (Å²) in [6.45, 7) is 2.25. The molecule has 5 heteroatoms. The first-order chi connectivity index (χ1) is 10.5. The number of rotatable bonds is 2. The van der Waals surface area contributed by atoms with Gasteiger partial charge in [-0.25, -0.2) is 4.79 Å². The van der Waals surface area contributed by atoms with Crippen molar-refractivity contribution in [2.24, 2.45) is 5.92 Å². The van der Waals surface area contributed by atoms with Crippen LogP contribution in [0.1, 0.15) is 43.0 Å². The van der Waals surface area contributed by atoms with Crippen molar-refractivity contribution in [3.63, 3.8) is 0 Å². The summed E-state index contributed by atoms with van der Waals surface area (Å²) < 4.78 is 5.88. The Labute approximate surface area is 129 Å². The average molecular weight is 303 g/mol. The van der Waals surface area contributed by atoms with E-state index in [-0.39, 0.29) is 12.5 Å². The van der Waals surface area contributed by atoms with Gasteiger partial charge in [0, 0.05) is 5.56 Å². The third-order valence-electron chi connectivity index (χ3n) is 4.84. The minimum Gasteiger partial charge on any atom is -0.480 e. The fraction of sp³-hybridized carbons (Fsp3) is 0.529. The SMILES string of the molecule is CC1CCC2(CC1)OC[C@@H](C(=O)O)N2C(=O)c1ccccc1. The number of benzene rings is 1. The van der Waals surface area contributed by atoms with Gasteiger partial charge in [0.1, 0.15) is 5.72 Å². The molecule has 1 spiro atoms. The zero-order chi connectivity index (χ0) is 15.7. The Morgan fingerprint density at radius 2 is 1.86 bits per heavy atom. The maximum Gasteiger partial charge on any atom is 0.328 e. The molecule has 3 rings (SSSR count). The number of carboxylic acid groups (broad SMARTS) is 1. The lowest BCUT2D eigenvalue weighted by Crippen LogP contribution is -2.55. The van der Waals surface area contributed by atoms with E-state index in [1.165, 1.54) is 4.90 Å². The molecule has 1 heterocycles.